The second-order valence-corrected chi connectivity index (χ2v) is 21.8. The summed E-state index contributed by atoms with van der Waals surface area (Å²) in [4.78, 5) is 86.7. The molecule has 5 amide bonds. The summed E-state index contributed by atoms with van der Waals surface area (Å²) in [6.07, 6.45) is 0.991. The molecule has 80 heavy (non-hydrogen) atoms. The molecule has 5 aromatic rings. The fourth-order valence-corrected chi connectivity index (χ4v) is 10.4. The molecule has 2 saturated heterocycles. The van der Waals surface area contributed by atoms with Crippen LogP contribution in [0.2, 0.25) is 5.02 Å². The van der Waals surface area contributed by atoms with Crippen molar-refractivity contribution >= 4 is 75.1 Å². The number of nitrogens with zero attached hydrogens (tertiary/aromatic N) is 7. The molecule has 0 spiro atoms. The Morgan fingerprint density at radius 1 is 0.963 bits per heavy atom. The van der Waals surface area contributed by atoms with Crippen LogP contribution in [0.5, 0.6) is 5.75 Å². The summed E-state index contributed by atoms with van der Waals surface area (Å²) in [6, 6.07) is 11.2. The van der Waals surface area contributed by atoms with Crippen molar-refractivity contribution in [2.75, 3.05) is 109 Å². The lowest BCUT2D eigenvalue weighted by Gasteiger charge is -2.35. The molecular formula is C56H69ClF2N10O10S. The van der Waals surface area contributed by atoms with Gasteiger partial charge in [-0.3, -0.25) is 24.0 Å². The molecule has 2 unspecified atom stereocenters. The number of amides is 5. The van der Waals surface area contributed by atoms with E-state index in [9.17, 15) is 34.2 Å². The normalized spacial score (nSPS) is 15.9. The van der Waals surface area contributed by atoms with E-state index < -0.39 is 58.4 Å². The number of benzene rings is 3. The Morgan fingerprint density at radius 2 is 1.66 bits per heavy atom. The maximum Gasteiger partial charge on any atom is 0.246 e. The number of aromatic nitrogens is 3. The SMILES string of the molecule is C=CC(=O)N1CCN(c2nc(NCCC(=O)N(C)CCOCCOCCOCC(=O)N[C@H](C(=O)N3CC(O)CC3C(=O)NCCc3ccc(-c4scnc4C)cc3)C(C)(C)C)nc3c(F)c(-c4c(O)cccc4F)c(Cl)cc23)CC1. The number of thiazole rings is 1. The highest BCUT2D eigenvalue weighted by molar-refractivity contribution is 7.13. The van der Waals surface area contributed by atoms with Crippen molar-refractivity contribution in [2.24, 2.45) is 5.41 Å². The van der Waals surface area contributed by atoms with Gasteiger partial charge in [0.05, 0.1) is 65.8 Å². The highest BCUT2D eigenvalue weighted by Gasteiger charge is 2.44. The Balaban J connectivity index is 0.800. The van der Waals surface area contributed by atoms with Crippen LogP contribution in [-0.4, -0.2) is 187 Å². The molecule has 0 radical (unpaired) electrons. The highest BCUT2D eigenvalue weighted by Crippen LogP contribution is 2.43. The second kappa shape index (κ2) is 28.0. The van der Waals surface area contributed by atoms with Crippen molar-refractivity contribution in [1.29, 1.82) is 0 Å². The minimum Gasteiger partial charge on any atom is -0.507 e. The zero-order valence-corrected chi connectivity index (χ0v) is 47.1. The zero-order chi connectivity index (χ0) is 57.7. The molecule has 430 valence electrons. The number of piperazine rings is 1. The lowest BCUT2D eigenvalue weighted by atomic mass is 9.85. The number of aromatic hydroxyl groups is 1. The number of carbonyl (C=O) groups is 5. The number of hydrogen-bond donors (Lipinski definition) is 5. The van der Waals surface area contributed by atoms with Gasteiger partial charge in [0.15, 0.2) is 5.82 Å². The van der Waals surface area contributed by atoms with Gasteiger partial charge in [-0.15, -0.1) is 11.3 Å². The fraction of sp³-hybridized carbons (Fsp3) is 0.464. The average molecular weight is 1150 g/mol. The van der Waals surface area contributed by atoms with Crippen molar-refractivity contribution in [3.63, 3.8) is 0 Å². The standard InChI is InChI=1S/C56H69ClF2N10O10S/c1-7-44(73)67-19-21-68(22-20-67)52-38-30-39(57)46(47-40(58)9-8-10-42(47)71)48(59)49(38)64-55(65-52)61-18-16-45(74)66(6)23-24-77-25-26-78-27-28-79-32-43(72)63-51(56(3,4)5)54(76)69-31-37(70)29-41(69)53(75)60-17-15-35-11-13-36(14-12-35)50-34(2)62-33-80-50/h7-14,30,33,37,41,51,70-71H,1,15-29,31-32H2,2-6H3,(H,60,75)(H,63,72)(H,61,64,65)/t37?,41?,51-/m1/s1. The van der Waals surface area contributed by atoms with Crippen LogP contribution >= 0.6 is 22.9 Å². The third kappa shape index (κ3) is 15.5. The van der Waals surface area contributed by atoms with E-state index in [2.05, 4.69) is 37.5 Å². The molecule has 20 nitrogen and oxygen atoms in total. The maximum absolute atomic E-state index is 16.5. The van der Waals surface area contributed by atoms with Crippen LogP contribution in [-0.2, 0) is 44.6 Å². The molecule has 3 atom stereocenters. The van der Waals surface area contributed by atoms with Crippen LogP contribution in [0.25, 0.3) is 32.5 Å². The van der Waals surface area contributed by atoms with Gasteiger partial charge in [-0.2, -0.15) is 4.98 Å². The average Bonchev–Trinajstić information content (AvgIpc) is 4.18. The van der Waals surface area contributed by atoms with Crippen LogP contribution in [0.4, 0.5) is 20.5 Å². The van der Waals surface area contributed by atoms with Crippen LogP contribution in [0.15, 0.2) is 66.7 Å². The number of likely N-dealkylation sites (N-methyl/N-ethyl adjacent to an activating group) is 1. The van der Waals surface area contributed by atoms with E-state index in [4.69, 9.17) is 25.8 Å². The largest absolute Gasteiger partial charge is 0.507 e. The number of nitrogens with one attached hydrogen (secondary N) is 3. The summed E-state index contributed by atoms with van der Waals surface area (Å²) in [5.41, 5.74) is 3.16. The number of aliphatic hydroxyl groups is 1. The minimum absolute atomic E-state index is 0.00977. The second-order valence-electron chi connectivity index (χ2n) is 20.5. The van der Waals surface area contributed by atoms with E-state index in [0.29, 0.717) is 45.0 Å². The molecule has 5 N–H and O–H groups in total. The topological polar surface area (TPSA) is 241 Å². The molecule has 0 bridgehead atoms. The van der Waals surface area contributed by atoms with Crippen molar-refractivity contribution in [2.45, 2.75) is 65.1 Å². The molecule has 2 aliphatic rings. The van der Waals surface area contributed by atoms with Gasteiger partial charge in [0, 0.05) is 83.2 Å². The molecule has 2 aliphatic heterocycles. The summed E-state index contributed by atoms with van der Waals surface area (Å²) in [5, 5.41) is 29.8. The van der Waals surface area contributed by atoms with Gasteiger partial charge < -0.3 is 60.0 Å². The van der Waals surface area contributed by atoms with E-state index >= 15 is 8.78 Å². The van der Waals surface area contributed by atoms with Crippen molar-refractivity contribution in [3.05, 3.63) is 94.6 Å². The summed E-state index contributed by atoms with van der Waals surface area (Å²) in [5.74, 6) is -3.93. The van der Waals surface area contributed by atoms with Crippen LogP contribution in [0.1, 0.15) is 44.9 Å². The molecule has 4 heterocycles. The number of fused-ring (bicyclic) bond motifs is 1. The number of likely N-dealkylation sites (tertiary alicyclic amines) is 1. The Morgan fingerprint density at radius 3 is 2.33 bits per heavy atom. The molecule has 3 aromatic carbocycles. The quantitative estimate of drug-likeness (QED) is 0.0365. The van der Waals surface area contributed by atoms with E-state index in [1.54, 1.807) is 44.1 Å². The number of rotatable bonds is 25. The first-order valence-electron chi connectivity index (χ1n) is 26.4. The van der Waals surface area contributed by atoms with Gasteiger partial charge in [0.25, 0.3) is 0 Å². The number of carbonyl (C=O) groups excluding carboxylic acids is 5. The van der Waals surface area contributed by atoms with Crippen LogP contribution in [0, 0.1) is 24.0 Å². The Kier molecular flexibility index (Phi) is 21.3. The lowest BCUT2D eigenvalue weighted by Crippen LogP contribution is -2.58. The smallest absolute Gasteiger partial charge is 0.246 e. The maximum atomic E-state index is 16.5. The van der Waals surface area contributed by atoms with Gasteiger partial charge in [-0.25, -0.2) is 18.7 Å². The zero-order valence-electron chi connectivity index (χ0n) is 45.6. The van der Waals surface area contributed by atoms with E-state index in [1.807, 2.05) is 41.6 Å². The number of hydrogen-bond acceptors (Lipinski definition) is 16. The minimum atomic E-state index is -1.01. The first-order valence-corrected chi connectivity index (χ1v) is 27.6. The predicted molar refractivity (Wildman–Crippen MR) is 300 cm³/mol. The van der Waals surface area contributed by atoms with Gasteiger partial charge in [-0.05, 0) is 54.2 Å². The molecule has 24 heteroatoms. The third-order valence-electron chi connectivity index (χ3n) is 13.7. The van der Waals surface area contributed by atoms with Gasteiger partial charge in [0.2, 0.25) is 35.5 Å². The number of β-amino-alcohol motifs (C(OH)–C–C–N with tert-alkyl or cyclic N) is 1. The van der Waals surface area contributed by atoms with E-state index in [0.717, 1.165) is 27.8 Å². The Labute approximate surface area is 472 Å². The Bertz CT molecular complexity index is 2990. The summed E-state index contributed by atoms with van der Waals surface area (Å²) in [7, 11) is 1.62. The first kappa shape index (κ1) is 60.7. The van der Waals surface area contributed by atoms with Crippen molar-refractivity contribution in [3.8, 4) is 27.3 Å². The van der Waals surface area contributed by atoms with E-state index in [-0.39, 0.29) is 117 Å². The third-order valence-corrected chi connectivity index (χ3v) is 15.0. The number of ether oxygens (including phenoxy) is 3. The van der Waals surface area contributed by atoms with Crippen molar-refractivity contribution in [1.82, 2.24) is 40.3 Å². The van der Waals surface area contributed by atoms with E-state index in [1.165, 1.54) is 34.1 Å². The highest BCUT2D eigenvalue weighted by atomic mass is 35.5. The van der Waals surface area contributed by atoms with Crippen LogP contribution in [0.3, 0.4) is 0 Å². The van der Waals surface area contributed by atoms with Crippen LogP contribution < -0.4 is 20.9 Å². The number of halogens is 3. The molecule has 7 rings (SSSR count). The number of anilines is 2. The molecule has 2 fully saturated rings. The monoisotopic (exact) mass is 1150 g/mol. The number of aliphatic hydroxyl groups excluding tert-OH is 1. The molecule has 0 saturated carbocycles. The number of aryl methyl sites for hydroxylation is 1. The first-order chi connectivity index (χ1) is 38.2. The summed E-state index contributed by atoms with van der Waals surface area (Å²) < 4.78 is 48.3. The Hall–Kier alpha value is -6.89. The van der Waals surface area contributed by atoms with Gasteiger partial charge >= 0.3 is 0 Å². The van der Waals surface area contributed by atoms with Gasteiger partial charge in [0.1, 0.15) is 41.6 Å². The van der Waals surface area contributed by atoms with Gasteiger partial charge in [-0.1, -0.05) is 69.3 Å². The fourth-order valence-electron chi connectivity index (χ4n) is 9.33. The molecular weight excluding hydrogens is 1080 g/mol. The number of phenolic OH excluding ortho intramolecular Hbond substituents is 1. The van der Waals surface area contributed by atoms with Crippen molar-refractivity contribution < 1.29 is 57.2 Å². The summed E-state index contributed by atoms with van der Waals surface area (Å²) in [6.45, 7) is 13.4. The number of phenols is 1. The predicted octanol–water partition coefficient (Wildman–Crippen LogP) is 5.36. The molecule has 0 aliphatic carbocycles. The molecule has 2 aromatic heterocycles. The lowest BCUT2D eigenvalue weighted by molar-refractivity contribution is -0.144. The summed E-state index contributed by atoms with van der Waals surface area (Å²) >= 11 is 8.16.